The van der Waals surface area contributed by atoms with E-state index in [2.05, 4.69) is 13.0 Å². The van der Waals surface area contributed by atoms with E-state index < -0.39 is 5.97 Å². The Bertz CT molecular complexity index is 451. The fourth-order valence-corrected chi connectivity index (χ4v) is 3.17. The number of rotatable bonds is 13. The minimum atomic E-state index is -0.816. The highest BCUT2D eigenvalue weighted by Gasteiger charge is 2.09. The van der Waals surface area contributed by atoms with Gasteiger partial charge in [-0.25, -0.2) is 4.79 Å². The third-order valence-electron chi connectivity index (χ3n) is 4.73. The Morgan fingerprint density at radius 1 is 0.870 bits per heavy atom. The van der Waals surface area contributed by atoms with Crippen LogP contribution in [0.15, 0.2) is 18.2 Å². The molecular formula is C21H34O2. The fraction of sp³-hybridized carbons (Fsp3) is 0.667. The average Bonchev–Trinajstić information content (AvgIpc) is 2.53. The molecule has 1 rings (SSSR count). The van der Waals surface area contributed by atoms with Crippen molar-refractivity contribution >= 4 is 5.97 Å². The van der Waals surface area contributed by atoms with Gasteiger partial charge in [0.2, 0.25) is 0 Å². The van der Waals surface area contributed by atoms with E-state index in [1.54, 1.807) is 6.07 Å². The van der Waals surface area contributed by atoms with Crippen LogP contribution in [0.3, 0.4) is 0 Å². The number of carboxylic acid groups (broad SMARTS) is 1. The number of aryl methyl sites for hydroxylation is 1. The third kappa shape index (κ3) is 8.20. The average molecular weight is 319 g/mol. The third-order valence-corrected chi connectivity index (χ3v) is 4.73. The molecular weight excluding hydrogens is 284 g/mol. The number of aromatic carboxylic acids is 1. The second kappa shape index (κ2) is 12.2. The molecule has 0 heterocycles. The zero-order valence-electron chi connectivity index (χ0n) is 15.1. The van der Waals surface area contributed by atoms with Gasteiger partial charge >= 0.3 is 5.97 Å². The van der Waals surface area contributed by atoms with Gasteiger partial charge in [0.15, 0.2) is 0 Å². The van der Waals surface area contributed by atoms with Crippen LogP contribution >= 0.6 is 0 Å². The zero-order chi connectivity index (χ0) is 16.9. The SMILES string of the molecule is CCCCCCCCCCCCCc1cccc(C(=O)O)c1C. The molecule has 0 saturated heterocycles. The molecule has 0 aromatic heterocycles. The lowest BCUT2D eigenvalue weighted by Crippen LogP contribution is -2.02. The molecule has 2 nitrogen and oxygen atoms in total. The maximum absolute atomic E-state index is 11.1. The van der Waals surface area contributed by atoms with Crippen LogP contribution in [0.5, 0.6) is 0 Å². The molecule has 0 aliphatic rings. The topological polar surface area (TPSA) is 37.3 Å². The quantitative estimate of drug-likeness (QED) is 0.419. The molecule has 0 radical (unpaired) electrons. The summed E-state index contributed by atoms with van der Waals surface area (Å²) in [4.78, 5) is 11.1. The van der Waals surface area contributed by atoms with E-state index in [-0.39, 0.29) is 0 Å². The van der Waals surface area contributed by atoms with E-state index in [1.807, 2.05) is 13.0 Å². The molecule has 0 fully saturated rings. The smallest absolute Gasteiger partial charge is 0.335 e. The molecule has 0 aliphatic carbocycles. The van der Waals surface area contributed by atoms with Crippen LogP contribution in [0.25, 0.3) is 0 Å². The van der Waals surface area contributed by atoms with Crippen molar-refractivity contribution < 1.29 is 9.90 Å². The molecule has 1 aromatic carbocycles. The summed E-state index contributed by atoms with van der Waals surface area (Å²) in [5.74, 6) is -0.816. The molecule has 2 heteroatoms. The van der Waals surface area contributed by atoms with Crippen LogP contribution in [-0.2, 0) is 6.42 Å². The van der Waals surface area contributed by atoms with Crippen molar-refractivity contribution in [1.29, 1.82) is 0 Å². The monoisotopic (exact) mass is 318 g/mol. The molecule has 0 atom stereocenters. The molecule has 1 N–H and O–H groups in total. The van der Waals surface area contributed by atoms with E-state index in [9.17, 15) is 4.79 Å². The lowest BCUT2D eigenvalue weighted by Gasteiger charge is -2.08. The maximum atomic E-state index is 11.1. The first-order valence-corrected chi connectivity index (χ1v) is 9.48. The predicted molar refractivity (Wildman–Crippen MR) is 98.3 cm³/mol. The van der Waals surface area contributed by atoms with Gasteiger partial charge in [0.1, 0.15) is 0 Å². The molecule has 0 bridgehead atoms. The number of carbonyl (C=O) groups is 1. The van der Waals surface area contributed by atoms with Crippen LogP contribution in [-0.4, -0.2) is 11.1 Å². The van der Waals surface area contributed by atoms with Crippen LogP contribution in [0.2, 0.25) is 0 Å². The van der Waals surface area contributed by atoms with Gasteiger partial charge in [0, 0.05) is 0 Å². The summed E-state index contributed by atoms with van der Waals surface area (Å²) in [6.45, 7) is 4.19. The Morgan fingerprint density at radius 2 is 1.39 bits per heavy atom. The number of hydrogen-bond donors (Lipinski definition) is 1. The van der Waals surface area contributed by atoms with Gasteiger partial charge in [-0.05, 0) is 37.0 Å². The van der Waals surface area contributed by atoms with Crippen molar-refractivity contribution in [3.63, 3.8) is 0 Å². The Hall–Kier alpha value is -1.31. The second-order valence-corrected chi connectivity index (χ2v) is 6.68. The first kappa shape index (κ1) is 19.7. The predicted octanol–water partition coefficient (Wildman–Crippen LogP) is 6.55. The first-order chi connectivity index (χ1) is 11.2. The number of hydrogen-bond acceptors (Lipinski definition) is 1. The summed E-state index contributed by atoms with van der Waals surface area (Å²) >= 11 is 0. The fourth-order valence-electron chi connectivity index (χ4n) is 3.17. The number of unbranched alkanes of at least 4 members (excludes halogenated alkanes) is 10. The second-order valence-electron chi connectivity index (χ2n) is 6.68. The number of carboxylic acids is 1. The lowest BCUT2D eigenvalue weighted by molar-refractivity contribution is 0.0696. The molecule has 1 aromatic rings. The first-order valence-electron chi connectivity index (χ1n) is 9.48. The summed E-state index contributed by atoms with van der Waals surface area (Å²) in [7, 11) is 0. The maximum Gasteiger partial charge on any atom is 0.335 e. The van der Waals surface area contributed by atoms with E-state index in [0.29, 0.717) is 5.56 Å². The highest BCUT2D eigenvalue weighted by atomic mass is 16.4. The Kier molecular flexibility index (Phi) is 10.4. The minimum absolute atomic E-state index is 0.450. The molecule has 0 unspecified atom stereocenters. The summed E-state index contributed by atoms with van der Waals surface area (Å²) in [6.07, 6.45) is 15.8. The van der Waals surface area contributed by atoms with Gasteiger partial charge in [-0.3, -0.25) is 0 Å². The molecule has 23 heavy (non-hydrogen) atoms. The van der Waals surface area contributed by atoms with Gasteiger partial charge in [-0.2, -0.15) is 0 Å². The molecule has 0 saturated carbocycles. The highest BCUT2D eigenvalue weighted by Crippen LogP contribution is 2.17. The summed E-state index contributed by atoms with van der Waals surface area (Å²) < 4.78 is 0. The van der Waals surface area contributed by atoms with Crippen LogP contribution in [0, 0.1) is 6.92 Å². The molecule has 130 valence electrons. The van der Waals surface area contributed by atoms with Crippen LogP contribution in [0.4, 0.5) is 0 Å². The lowest BCUT2D eigenvalue weighted by atomic mass is 9.97. The van der Waals surface area contributed by atoms with E-state index in [0.717, 1.165) is 12.0 Å². The Morgan fingerprint density at radius 3 is 1.91 bits per heavy atom. The van der Waals surface area contributed by atoms with Gasteiger partial charge in [0.25, 0.3) is 0 Å². The van der Waals surface area contributed by atoms with Crippen molar-refractivity contribution in [2.45, 2.75) is 90.9 Å². The van der Waals surface area contributed by atoms with Gasteiger partial charge in [0.05, 0.1) is 5.56 Å². The summed E-state index contributed by atoms with van der Waals surface area (Å²) in [6, 6.07) is 5.63. The van der Waals surface area contributed by atoms with Gasteiger partial charge < -0.3 is 5.11 Å². The zero-order valence-corrected chi connectivity index (χ0v) is 15.1. The molecule has 0 aliphatic heterocycles. The van der Waals surface area contributed by atoms with Crippen molar-refractivity contribution in [3.8, 4) is 0 Å². The van der Waals surface area contributed by atoms with Crippen LogP contribution < -0.4 is 0 Å². The molecule has 0 amide bonds. The minimum Gasteiger partial charge on any atom is -0.478 e. The van der Waals surface area contributed by atoms with Crippen molar-refractivity contribution in [1.82, 2.24) is 0 Å². The van der Waals surface area contributed by atoms with Gasteiger partial charge in [-0.15, -0.1) is 0 Å². The Balaban J connectivity index is 2.07. The standard InChI is InChI=1S/C21H34O2/c1-3-4-5-6-7-8-9-10-11-12-13-15-19-16-14-17-20(18(19)2)21(22)23/h14,16-17H,3-13,15H2,1-2H3,(H,22,23). The number of benzene rings is 1. The van der Waals surface area contributed by atoms with E-state index in [1.165, 1.54) is 76.2 Å². The van der Waals surface area contributed by atoms with Crippen molar-refractivity contribution in [2.75, 3.05) is 0 Å². The van der Waals surface area contributed by atoms with Crippen LogP contribution in [0.1, 0.15) is 99.0 Å². The van der Waals surface area contributed by atoms with E-state index >= 15 is 0 Å². The Labute approximate surface area is 142 Å². The summed E-state index contributed by atoms with van der Waals surface area (Å²) in [5, 5.41) is 9.15. The van der Waals surface area contributed by atoms with Crippen molar-refractivity contribution in [3.05, 3.63) is 34.9 Å². The highest BCUT2D eigenvalue weighted by molar-refractivity contribution is 5.89. The summed E-state index contributed by atoms with van der Waals surface area (Å²) in [5.41, 5.74) is 2.58. The van der Waals surface area contributed by atoms with Gasteiger partial charge in [-0.1, -0.05) is 83.3 Å². The van der Waals surface area contributed by atoms with E-state index in [4.69, 9.17) is 5.11 Å². The molecule has 0 spiro atoms. The largest absolute Gasteiger partial charge is 0.478 e. The normalized spacial score (nSPS) is 10.9. The van der Waals surface area contributed by atoms with Crippen molar-refractivity contribution in [2.24, 2.45) is 0 Å².